The molecular weight excluding hydrogens is 488 g/mol. The standard InChI is InChI=1S/C29H32N2O5S/c1-7-35-28(33)25-19(5)30-29-31(26(25)21-11-8-18(4)9-12-21)27(32)24(37-29)15-20-10-13-22(23(14-20)34-6)36-16-17(2)3/h8-15,17,26H,7,16H2,1-6H3/b24-15+/t26-/m1/s1. The Morgan fingerprint density at radius 3 is 2.51 bits per heavy atom. The van der Waals surface area contributed by atoms with Crippen molar-refractivity contribution < 1.29 is 19.0 Å². The SMILES string of the molecule is CCOC(=O)C1=C(C)N=c2s/c(=C/c3ccc(OCC(C)C)c(OC)c3)c(=O)n2[C@@H]1c1ccc(C)cc1. The molecule has 37 heavy (non-hydrogen) atoms. The van der Waals surface area contributed by atoms with Crippen molar-refractivity contribution in [1.82, 2.24) is 4.57 Å². The summed E-state index contributed by atoms with van der Waals surface area (Å²) in [5.74, 6) is 1.17. The van der Waals surface area contributed by atoms with Crippen LogP contribution in [0.3, 0.4) is 0 Å². The van der Waals surface area contributed by atoms with Gasteiger partial charge in [0.2, 0.25) is 0 Å². The summed E-state index contributed by atoms with van der Waals surface area (Å²) in [5, 5.41) is 0. The highest BCUT2D eigenvalue weighted by atomic mass is 32.1. The van der Waals surface area contributed by atoms with E-state index in [-0.39, 0.29) is 12.2 Å². The predicted octanol–water partition coefficient (Wildman–Crippen LogP) is 4.15. The quantitative estimate of drug-likeness (QED) is 0.417. The highest BCUT2D eigenvalue weighted by Gasteiger charge is 2.33. The third-order valence-electron chi connectivity index (χ3n) is 5.97. The fourth-order valence-electron chi connectivity index (χ4n) is 4.16. The van der Waals surface area contributed by atoms with Gasteiger partial charge in [-0.2, -0.15) is 0 Å². The highest BCUT2D eigenvalue weighted by molar-refractivity contribution is 7.07. The Balaban J connectivity index is 1.84. The number of methoxy groups -OCH3 is 1. The first-order valence-corrected chi connectivity index (χ1v) is 13.1. The van der Waals surface area contributed by atoms with Gasteiger partial charge in [-0.3, -0.25) is 9.36 Å². The number of fused-ring (bicyclic) bond motifs is 1. The molecule has 8 heteroatoms. The van der Waals surface area contributed by atoms with Gasteiger partial charge in [0, 0.05) is 0 Å². The Kier molecular flexibility index (Phi) is 7.97. The lowest BCUT2D eigenvalue weighted by atomic mass is 9.95. The number of carbonyl (C=O) groups excluding carboxylic acids is 1. The number of rotatable bonds is 8. The van der Waals surface area contributed by atoms with Crippen molar-refractivity contribution in [2.75, 3.05) is 20.3 Å². The Bertz CT molecular complexity index is 1510. The molecule has 194 valence electrons. The lowest BCUT2D eigenvalue weighted by molar-refractivity contribution is -0.139. The van der Waals surface area contributed by atoms with Crippen LogP contribution in [0.25, 0.3) is 6.08 Å². The maximum Gasteiger partial charge on any atom is 0.338 e. The van der Waals surface area contributed by atoms with E-state index in [1.54, 1.807) is 25.5 Å². The van der Waals surface area contributed by atoms with Crippen LogP contribution in [0.15, 0.2) is 63.5 Å². The molecular formula is C29H32N2O5S. The normalized spacial score (nSPS) is 15.4. The van der Waals surface area contributed by atoms with Crippen LogP contribution in [0.4, 0.5) is 0 Å². The summed E-state index contributed by atoms with van der Waals surface area (Å²) in [6.07, 6.45) is 1.81. The zero-order valence-electron chi connectivity index (χ0n) is 22.0. The second-order valence-electron chi connectivity index (χ2n) is 9.33. The number of aryl methyl sites for hydroxylation is 1. The fraction of sp³-hybridized carbons (Fsp3) is 0.345. The van der Waals surface area contributed by atoms with Crippen LogP contribution in [0, 0.1) is 12.8 Å². The van der Waals surface area contributed by atoms with Gasteiger partial charge in [-0.05, 0) is 56.0 Å². The van der Waals surface area contributed by atoms with Gasteiger partial charge < -0.3 is 14.2 Å². The number of esters is 1. The van der Waals surface area contributed by atoms with Gasteiger partial charge in [-0.1, -0.05) is 61.1 Å². The van der Waals surface area contributed by atoms with Gasteiger partial charge in [0.15, 0.2) is 16.3 Å². The lowest BCUT2D eigenvalue weighted by Crippen LogP contribution is -2.39. The van der Waals surface area contributed by atoms with E-state index in [9.17, 15) is 9.59 Å². The lowest BCUT2D eigenvalue weighted by Gasteiger charge is -2.24. The molecule has 0 N–H and O–H groups in total. The van der Waals surface area contributed by atoms with Crippen LogP contribution >= 0.6 is 11.3 Å². The zero-order chi connectivity index (χ0) is 26.7. The van der Waals surface area contributed by atoms with E-state index in [1.165, 1.54) is 11.3 Å². The van der Waals surface area contributed by atoms with E-state index in [1.807, 2.05) is 55.5 Å². The molecule has 7 nitrogen and oxygen atoms in total. The highest BCUT2D eigenvalue weighted by Crippen LogP contribution is 2.31. The van der Waals surface area contributed by atoms with E-state index in [2.05, 4.69) is 18.8 Å². The molecule has 2 heterocycles. The Labute approximate surface area is 220 Å². The molecule has 0 fully saturated rings. The van der Waals surface area contributed by atoms with Gasteiger partial charge in [0.05, 0.1) is 42.2 Å². The summed E-state index contributed by atoms with van der Waals surface area (Å²) in [5.41, 5.74) is 3.41. The maximum absolute atomic E-state index is 13.8. The number of thiazole rings is 1. The van der Waals surface area contributed by atoms with Crippen LogP contribution in [-0.4, -0.2) is 30.9 Å². The minimum atomic E-state index is -0.626. The van der Waals surface area contributed by atoms with E-state index in [0.29, 0.717) is 44.6 Å². The average Bonchev–Trinajstić information content (AvgIpc) is 3.17. The molecule has 0 saturated carbocycles. The van der Waals surface area contributed by atoms with Crippen molar-refractivity contribution in [3.63, 3.8) is 0 Å². The van der Waals surface area contributed by atoms with Crippen LogP contribution in [0.2, 0.25) is 0 Å². The molecule has 4 rings (SSSR count). The van der Waals surface area contributed by atoms with Gasteiger partial charge in [-0.15, -0.1) is 0 Å². The summed E-state index contributed by atoms with van der Waals surface area (Å²) in [6, 6.07) is 12.8. The number of hydrogen-bond donors (Lipinski definition) is 0. The molecule has 0 amide bonds. The maximum atomic E-state index is 13.8. The molecule has 2 aromatic carbocycles. The van der Waals surface area contributed by atoms with Gasteiger partial charge in [-0.25, -0.2) is 9.79 Å². The number of allylic oxidation sites excluding steroid dienone is 1. The second-order valence-corrected chi connectivity index (χ2v) is 10.3. The molecule has 0 saturated heterocycles. The van der Waals surface area contributed by atoms with Crippen molar-refractivity contribution >= 4 is 23.4 Å². The molecule has 1 aliphatic heterocycles. The van der Waals surface area contributed by atoms with Crippen LogP contribution < -0.4 is 24.4 Å². The van der Waals surface area contributed by atoms with Crippen molar-refractivity contribution in [3.8, 4) is 11.5 Å². The Hall–Kier alpha value is -3.65. The third-order valence-corrected chi connectivity index (χ3v) is 6.95. The molecule has 1 aromatic heterocycles. The van der Waals surface area contributed by atoms with Crippen LogP contribution in [0.1, 0.15) is 50.4 Å². The number of aromatic nitrogens is 1. The van der Waals surface area contributed by atoms with Crippen LogP contribution in [0.5, 0.6) is 11.5 Å². The predicted molar refractivity (Wildman–Crippen MR) is 145 cm³/mol. The summed E-state index contributed by atoms with van der Waals surface area (Å²) in [4.78, 5) is 31.9. The zero-order valence-corrected chi connectivity index (χ0v) is 22.8. The van der Waals surface area contributed by atoms with E-state index >= 15 is 0 Å². The minimum absolute atomic E-state index is 0.220. The molecule has 0 radical (unpaired) electrons. The average molecular weight is 521 g/mol. The molecule has 1 aliphatic rings. The summed E-state index contributed by atoms with van der Waals surface area (Å²) >= 11 is 1.29. The molecule has 3 aromatic rings. The number of hydrogen-bond acceptors (Lipinski definition) is 7. The van der Waals surface area contributed by atoms with Crippen molar-refractivity contribution in [2.45, 2.75) is 40.7 Å². The summed E-state index contributed by atoms with van der Waals surface area (Å²) in [6.45, 7) is 10.5. The van der Waals surface area contributed by atoms with E-state index in [0.717, 1.165) is 16.7 Å². The monoisotopic (exact) mass is 520 g/mol. The van der Waals surface area contributed by atoms with E-state index < -0.39 is 12.0 Å². The first-order valence-electron chi connectivity index (χ1n) is 12.3. The molecule has 0 spiro atoms. The number of nitrogens with zero attached hydrogens (tertiary/aromatic N) is 2. The topological polar surface area (TPSA) is 79.1 Å². The number of carbonyl (C=O) groups is 1. The third kappa shape index (κ3) is 5.54. The van der Waals surface area contributed by atoms with Gasteiger partial charge >= 0.3 is 5.97 Å². The first-order chi connectivity index (χ1) is 17.7. The van der Waals surface area contributed by atoms with Crippen LogP contribution in [-0.2, 0) is 9.53 Å². The number of ether oxygens (including phenoxy) is 3. The largest absolute Gasteiger partial charge is 0.493 e. The van der Waals surface area contributed by atoms with Crippen molar-refractivity contribution in [2.24, 2.45) is 10.9 Å². The van der Waals surface area contributed by atoms with Gasteiger partial charge in [0.1, 0.15) is 0 Å². The Morgan fingerprint density at radius 1 is 1.14 bits per heavy atom. The summed E-state index contributed by atoms with van der Waals surface area (Å²) in [7, 11) is 1.59. The molecule has 0 unspecified atom stereocenters. The molecule has 0 bridgehead atoms. The smallest absolute Gasteiger partial charge is 0.338 e. The van der Waals surface area contributed by atoms with Gasteiger partial charge in [0.25, 0.3) is 5.56 Å². The van der Waals surface area contributed by atoms with Crippen molar-refractivity contribution in [1.29, 1.82) is 0 Å². The second kappa shape index (κ2) is 11.2. The number of benzene rings is 2. The summed E-state index contributed by atoms with van der Waals surface area (Å²) < 4.78 is 18.8. The molecule has 1 atom stereocenters. The minimum Gasteiger partial charge on any atom is -0.493 e. The Morgan fingerprint density at radius 2 is 1.86 bits per heavy atom. The molecule has 0 aliphatic carbocycles. The first kappa shape index (κ1) is 26.4. The fourth-order valence-corrected chi connectivity index (χ4v) is 5.20. The van der Waals surface area contributed by atoms with Crippen molar-refractivity contribution in [3.05, 3.63) is 90.1 Å². The van der Waals surface area contributed by atoms with E-state index in [4.69, 9.17) is 14.2 Å².